The van der Waals surface area contributed by atoms with Crippen molar-refractivity contribution >= 4 is 23.4 Å². The van der Waals surface area contributed by atoms with Crippen molar-refractivity contribution in [3.8, 4) is 0 Å². The molecule has 2 rings (SSSR count). The van der Waals surface area contributed by atoms with Crippen LogP contribution in [0.1, 0.15) is 31.9 Å². The van der Waals surface area contributed by atoms with Crippen molar-refractivity contribution in [2.24, 2.45) is 5.92 Å². The molecule has 0 heterocycles. The molecular formula is C23H28ClFN2O2. The van der Waals surface area contributed by atoms with Gasteiger partial charge in [0.25, 0.3) is 0 Å². The molecule has 0 aliphatic carbocycles. The minimum absolute atomic E-state index is 0.152. The summed E-state index contributed by atoms with van der Waals surface area (Å²) >= 11 is 6.09. The molecule has 29 heavy (non-hydrogen) atoms. The summed E-state index contributed by atoms with van der Waals surface area (Å²) in [5.74, 6) is -0.775. The van der Waals surface area contributed by atoms with Gasteiger partial charge in [-0.3, -0.25) is 9.59 Å². The summed E-state index contributed by atoms with van der Waals surface area (Å²) in [5, 5.41) is 3.08. The first kappa shape index (κ1) is 22.9. The zero-order chi connectivity index (χ0) is 21.4. The number of nitrogens with zero attached hydrogens (tertiary/aromatic N) is 1. The molecule has 0 aliphatic rings. The normalized spacial score (nSPS) is 11.9. The van der Waals surface area contributed by atoms with E-state index in [2.05, 4.69) is 5.32 Å². The van der Waals surface area contributed by atoms with Crippen LogP contribution in [0.15, 0.2) is 48.5 Å². The molecule has 2 aromatic carbocycles. The number of benzene rings is 2. The van der Waals surface area contributed by atoms with Gasteiger partial charge < -0.3 is 10.2 Å². The van der Waals surface area contributed by atoms with Crippen LogP contribution in [0.2, 0.25) is 5.02 Å². The fraction of sp³-hybridized carbons (Fsp3) is 0.391. The predicted octanol–water partition coefficient (Wildman–Crippen LogP) is 4.25. The lowest BCUT2D eigenvalue weighted by molar-refractivity contribution is -0.139. The molecule has 0 saturated carbocycles. The van der Waals surface area contributed by atoms with Crippen molar-refractivity contribution in [1.82, 2.24) is 10.2 Å². The highest BCUT2D eigenvalue weighted by Gasteiger charge is 2.27. The lowest BCUT2D eigenvalue weighted by atomic mass is 10.1. The second-order valence-electron chi connectivity index (χ2n) is 7.51. The van der Waals surface area contributed by atoms with Crippen LogP contribution in [0, 0.1) is 11.7 Å². The molecule has 1 N–H and O–H groups in total. The Morgan fingerprint density at radius 2 is 1.76 bits per heavy atom. The Hall–Kier alpha value is -2.40. The van der Waals surface area contributed by atoms with E-state index in [0.717, 1.165) is 5.56 Å². The molecule has 0 aliphatic heterocycles. The Morgan fingerprint density at radius 1 is 1.07 bits per heavy atom. The van der Waals surface area contributed by atoms with E-state index < -0.39 is 11.9 Å². The quantitative estimate of drug-likeness (QED) is 0.661. The van der Waals surface area contributed by atoms with Crippen LogP contribution < -0.4 is 5.32 Å². The third kappa shape index (κ3) is 6.86. The molecule has 156 valence electrons. The van der Waals surface area contributed by atoms with Crippen molar-refractivity contribution in [2.45, 2.75) is 39.7 Å². The average Bonchev–Trinajstić information content (AvgIpc) is 2.69. The fourth-order valence-electron chi connectivity index (χ4n) is 2.98. The molecule has 6 heteroatoms. The number of hydrogen-bond donors (Lipinski definition) is 1. The van der Waals surface area contributed by atoms with Gasteiger partial charge in [-0.2, -0.15) is 0 Å². The van der Waals surface area contributed by atoms with Gasteiger partial charge in [0.15, 0.2) is 0 Å². The molecule has 0 saturated heterocycles. The third-order valence-electron chi connectivity index (χ3n) is 4.73. The van der Waals surface area contributed by atoms with Crippen molar-refractivity contribution in [3.05, 3.63) is 70.5 Å². The van der Waals surface area contributed by atoms with E-state index >= 15 is 0 Å². The zero-order valence-electron chi connectivity index (χ0n) is 17.1. The number of rotatable bonds is 9. The number of carbonyl (C=O) groups excluding carboxylic acids is 2. The second-order valence-corrected chi connectivity index (χ2v) is 7.92. The maximum atomic E-state index is 14.2. The second kappa shape index (κ2) is 11.0. The van der Waals surface area contributed by atoms with Crippen LogP contribution in [-0.4, -0.2) is 35.8 Å². The van der Waals surface area contributed by atoms with E-state index in [1.54, 1.807) is 13.0 Å². The third-order valence-corrected chi connectivity index (χ3v) is 5.08. The predicted molar refractivity (Wildman–Crippen MR) is 114 cm³/mol. The van der Waals surface area contributed by atoms with Gasteiger partial charge in [0.1, 0.15) is 11.9 Å². The molecular weight excluding hydrogens is 391 g/mol. The van der Waals surface area contributed by atoms with Gasteiger partial charge in [-0.25, -0.2) is 4.39 Å². The van der Waals surface area contributed by atoms with Crippen molar-refractivity contribution in [3.63, 3.8) is 0 Å². The summed E-state index contributed by atoms with van der Waals surface area (Å²) in [6.07, 6.45) is 0.404. The SMILES string of the molecule is CC(C)CNC(=O)C(C)N(CCc1ccccc1)C(=O)Cc1c(F)cccc1Cl. The lowest BCUT2D eigenvalue weighted by Crippen LogP contribution is -2.49. The molecule has 0 fully saturated rings. The van der Waals surface area contributed by atoms with Crippen LogP contribution in [-0.2, 0) is 22.4 Å². The number of carbonyl (C=O) groups is 2. The van der Waals surface area contributed by atoms with E-state index in [1.165, 1.54) is 17.0 Å². The standard InChI is InChI=1S/C23H28ClFN2O2/c1-16(2)15-26-23(29)17(3)27(13-12-18-8-5-4-6-9-18)22(28)14-19-20(24)10-7-11-21(19)25/h4-11,16-17H,12-15H2,1-3H3,(H,26,29). The summed E-state index contributed by atoms with van der Waals surface area (Å²) in [6, 6.07) is 13.4. The first-order valence-electron chi connectivity index (χ1n) is 9.83. The van der Waals surface area contributed by atoms with Crippen LogP contribution >= 0.6 is 11.6 Å². The molecule has 2 aromatic rings. The van der Waals surface area contributed by atoms with Crippen molar-refractivity contribution in [1.29, 1.82) is 0 Å². The first-order chi connectivity index (χ1) is 13.8. The molecule has 1 unspecified atom stereocenters. The number of nitrogens with one attached hydrogen (secondary N) is 1. The Balaban J connectivity index is 2.17. The van der Waals surface area contributed by atoms with Crippen LogP contribution in [0.5, 0.6) is 0 Å². The summed E-state index contributed by atoms with van der Waals surface area (Å²) in [4.78, 5) is 27.1. The summed E-state index contributed by atoms with van der Waals surface area (Å²) in [5.41, 5.74) is 1.21. The average molecular weight is 419 g/mol. The smallest absolute Gasteiger partial charge is 0.242 e. The molecule has 0 aromatic heterocycles. The molecule has 0 radical (unpaired) electrons. The Bertz CT molecular complexity index is 807. The van der Waals surface area contributed by atoms with Gasteiger partial charge in [-0.05, 0) is 37.0 Å². The van der Waals surface area contributed by atoms with Gasteiger partial charge in [0.05, 0.1) is 6.42 Å². The Kier molecular flexibility index (Phi) is 8.65. The van der Waals surface area contributed by atoms with E-state index in [1.807, 2.05) is 44.2 Å². The molecule has 2 amide bonds. The topological polar surface area (TPSA) is 49.4 Å². The highest BCUT2D eigenvalue weighted by molar-refractivity contribution is 6.31. The highest BCUT2D eigenvalue weighted by atomic mass is 35.5. The number of halogens is 2. The largest absolute Gasteiger partial charge is 0.354 e. The zero-order valence-corrected chi connectivity index (χ0v) is 17.9. The molecule has 0 bridgehead atoms. The summed E-state index contributed by atoms with van der Waals surface area (Å²) in [6.45, 7) is 6.59. The lowest BCUT2D eigenvalue weighted by Gasteiger charge is -2.29. The Morgan fingerprint density at radius 3 is 2.38 bits per heavy atom. The van der Waals surface area contributed by atoms with Gasteiger partial charge in [0, 0.05) is 23.7 Å². The molecule has 4 nitrogen and oxygen atoms in total. The van der Waals surface area contributed by atoms with Crippen LogP contribution in [0.3, 0.4) is 0 Å². The van der Waals surface area contributed by atoms with Crippen molar-refractivity contribution in [2.75, 3.05) is 13.1 Å². The van der Waals surface area contributed by atoms with Crippen LogP contribution in [0.4, 0.5) is 4.39 Å². The minimum atomic E-state index is -0.671. The van der Waals surface area contributed by atoms with Gasteiger partial charge >= 0.3 is 0 Å². The maximum absolute atomic E-state index is 14.2. The molecule has 1 atom stereocenters. The van der Waals surface area contributed by atoms with Gasteiger partial charge in [-0.1, -0.05) is 61.8 Å². The van der Waals surface area contributed by atoms with E-state index in [-0.39, 0.29) is 28.8 Å². The first-order valence-corrected chi connectivity index (χ1v) is 10.2. The summed E-state index contributed by atoms with van der Waals surface area (Å²) < 4.78 is 14.2. The Labute approximate surface area is 177 Å². The molecule has 0 spiro atoms. The number of amides is 2. The number of hydrogen-bond acceptors (Lipinski definition) is 2. The van der Waals surface area contributed by atoms with Crippen molar-refractivity contribution < 1.29 is 14.0 Å². The van der Waals surface area contributed by atoms with E-state index in [0.29, 0.717) is 25.4 Å². The monoisotopic (exact) mass is 418 g/mol. The maximum Gasteiger partial charge on any atom is 0.242 e. The highest BCUT2D eigenvalue weighted by Crippen LogP contribution is 2.21. The summed E-state index contributed by atoms with van der Waals surface area (Å²) in [7, 11) is 0. The van der Waals surface area contributed by atoms with Gasteiger partial charge in [0.2, 0.25) is 11.8 Å². The fourth-order valence-corrected chi connectivity index (χ4v) is 3.21. The van der Waals surface area contributed by atoms with Crippen LogP contribution in [0.25, 0.3) is 0 Å². The minimum Gasteiger partial charge on any atom is -0.354 e. The van der Waals surface area contributed by atoms with E-state index in [4.69, 9.17) is 11.6 Å². The van der Waals surface area contributed by atoms with E-state index in [9.17, 15) is 14.0 Å². The van der Waals surface area contributed by atoms with Gasteiger partial charge in [-0.15, -0.1) is 0 Å².